The van der Waals surface area contributed by atoms with E-state index in [0.29, 0.717) is 5.56 Å². The summed E-state index contributed by atoms with van der Waals surface area (Å²) in [5.74, 6) is -1.70. The van der Waals surface area contributed by atoms with Crippen molar-refractivity contribution in [3.05, 3.63) is 76.9 Å². The van der Waals surface area contributed by atoms with E-state index in [1.165, 1.54) is 39.0 Å². The van der Waals surface area contributed by atoms with Gasteiger partial charge in [0.1, 0.15) is 12.1 Å². The number of anilines is 1. The van der Waals surface area contributed by atoms with E-state index < -0.39 is 11.6 Å². The second kappa shape index (κ2) is 13.7. The summed E-state index contributed by atoms with van der Waals surface area (Å²) in [6.07, 6.45) is 0.889. The van der Waals surface area contributed by atoms with Gasteiger partial charge in [-0.1, -0.05) is 30.3 Å². The van der Waals surface area contributed by atoms with Crippen molar-refractivity contribution < 1.29 is 23.0 Å². The monoisotopic (exact) mass is 539 g/mol. The van der Waals surface area contributed by atoms with E-state index in [9.17, 15) is 13.6 Å². The van der Waals surface area contributed by atoms with Crippen molar-refractivity contribution in [1.29, 1.82) is 0 Å². The molecule has 208 valence electrons. The summed E-state index contributed by atoms with van der Waals surface area (Å²) >= 11 is 0. The number of carbonyl (C=O) groups is 1. The number of aldehydes is 1. The summed E-state index contributed by atoms with van der Waals surface area (Å²) in [5, 5.41) is 0. The first-order valence-electron chi connectivity index (χ1n) is 12.4. The van der Waals surface area contributed by atoms with Gasteiger partial charge in [-0.2, -0.15) is 0 Å². The van der Waals surface area contributed by atoms with Gasteiger partial charge >= 0.3 is 0 Å². The van der Waals surface area contributed by atoms with Gasteiger partial charge in [0.05, 0.1) is 19.8 Å². The van der Waals surface area contributed by atoms with Gasteiger partial charge in [0.25, 0.3) is 0 Å². The predicted molar refractivity (Wildman–Crippen MR) is 151 cm³/mol. The summed E-state index contributed by atoms with van der Waals surface area (Å²) in [6, 6.07) is 13.5. The molecule has 0 saturated carbocycles. The van der Waals surface area contributed by atoms with Crippen molar-refractivity contribution in [2.24, 2.45) is 10.7 Å². The number of nitrogen functional groups attached to an aromatic ring is 1. The third kappa shape index (κ3) is 7.30. The number of benzene rings is 3. The van der Waals surface area contributed by atoms with Crippen molar-refractivity contribution in [2.45, 2.75) is 6.54 Å². The molecule has 1 aliphatic heterocycles. The fourth-order valence-electron chi connectivity index (χ4n) is 4.18. The Bertz CT molecular complexity index is 1280. The molecule has 0 amide bonds. The van der Waals surface area contributed by atoms with Crippen molar-refractivity contribution in [3.63, 3.8) is 0 Å². The molecule has 39 heavy (non-hydrogen) atoms. The minimum atomic E-state index is -0.838. The molecule has 3 aromatic rings. The van der Waals surface area contributed by atoms with E-state index in [1.54, 1.807) is 6.07 Å². The summed E-state index contributed by atoms with van der Waals surface area (Å²) in [5.41, 5.74) is 14.4. The molecule has 0 spiro atoms. The third-order valence-electron chi connectivity index (χ3n) is 6.55. The van der Waals surface area contributed by atoms with E-state index in [1.807, 2.05) is 24.3 Å². The second-order valence-corrected chi connectivity index (χ2v) is 9.13. The molecule has 1 fully saturated rings. The Balaban J connectivity index is 0.000000230. The minimum Gasteiger partial charge on any atom is -0.494 e. The molecule has 0 aromatic heterocycles. The van der Waals surface area contributed by atoms with Gasteiger partial charge in [0.15, 0.2) is 23.1 Å². The van der Waals surface area contributed by atoms with Crippen LogP contribution >= 0.6 is 0 Å². The summed E-state index contributed by atoms with van der Waals surface area (Å²) < 4.78 is 38.8. The molecule has 0 atom stereocenters. The van der Waals surface area contributed by atoms with Crippen molar-refractivity contribution in [3.8, 4) is 22.6 Å². The van der Waals surface area contributed by atoms with Crippen LogP contribution in [0, 0.1) is 11.6 Å². The molecule has 0 aliphatic carbocycles. The number of hydrogen-bond acceptors (Lipinski definition) is 7. The molecule has 0 bridgehead atoms. The number of amidine groups is 1. The zero-order chi connectivity index (χ0) is 28.5. The molecule has 3 aromatic carbocycles. The molecule has 8 nitrogen and oxygen atoms in total. The smallest absolute Gasteiger partial charge is 0.176 e. The zero-order valence-electron chi connectivity index (χ0n) is 22.7. The van der Waals surface area contributed by atoms with Crippen LogP contribution in [0.3, 0.4) is 0 Å². The van der Waals surface area contributed by atoms with Crippen LogP contribution in [-0.4, -0.2) is 76.4 Å². The van der Waals surface area contributed by atoms with E-state index in [-0.39, 0.29) is 34.1 Å². The maximum Gasteiger partial charge on any atom is 0.176 e. The topological polar surface area (TPSA) is 106 Å². The highest BCUT2D eigenvalue weighted by Crippen LogP contribution is 2.38. The van der Waals surface area contributed by atoms with Crippen LogP contribution in [0.2, 0.25) is 0 Å². The SMILES string of the molecule is CN1CCN(Cc2ccc(C=O)cc2)CC1.CN=C(N)c1ccc(-c2c(F)c(OC)cc(OC)c2F)cc1N. The zero-order valence-corrected chi connectivity index (χ0v) is 22.7. The van der Waals surface area contributed by atoms with Crippen LogP contribution in [0.4, 0.5) is 14.5 Å². The highest BCUT2D eigenvalue weighted by Gasteiger charge is 2.22. The molecular formula is C29H35F2N5O3. The Labute approximate surface area is 227 Å². The average Bonchev–Trinajstić information content (AvgIpc) is 2.95. The molecule has 10 heteroatoms. The number of rotatable bonds is 7. The molecule has 1 heterocycles. The van der Waals surface area contributed by atoms with Crippen LogP contribution in [0.15, 0.2) is 53.5 Å². The number of piperazine rings is 1. The Morgan fingerprint density at radius 2 is 1.56 bits per heavy atom. The quantitative estimate of drug-likeness (QED) is 0.204. The number of hydrogen-bond donors (Lipinski definition) is 2. The molecule has 0 radical (unpaired) electrons. The van der Waals surface area contributed by atoms with Gasteiger partial charge in [0, 0.05) is 62.7 Å². The molecule has 4 N–H and O–H groups in total. The Kier molecular flexibility index (Phi) is 10.4. The van der Waals surface area contributed by atoms with Crippen molar-refractivity contribution >= 4 is 17.8 Å². The van der Waals surface area contributed by atoms with Gasteiger partial charge < -0.3 is 25.8 Å². The van der Waals surface area contributed by atoms with E-state index >= 15 is 0 Å². The number of nitrogens with two attached hydrogens (primary N) is 2. The molecule has 0 unspecified atom stereocenters. The van der Waals surface area contributed by atoms with Crippen molar-refractivity contribution in [2.75, 3.05) is 60.2 Å². The predicted octanol–water partition coefficient (Wildman–Crippen LogP) is 3.81. The maximum absolute atomic E-state index is 14.5. The first-order valence-corrected chi connectivity index (χ1v) is 12.4. The summed E-state index contributed by atoms with van der Waals surface area (Å²) in [4.78, 5) is 19.2. The van der Waals surface area contributed by atoms with E-state index in [2.05, 4.69) is 21.8 Å². The third-order valence-corrected chi connectivity index (χ3v) is 6.55. The normalized spacial score (nSPS) is 14.4. The van der Waals surface area contributed by atoms with Gasteiger partial charge in [-0.05, 0) is 30.3 Å². The van der Waals surface area contributed by atoms with Gasteiger partial charge in [-0.15, -0.1) is 0 Å². The Morgan fingerprint density at radius 1 is 0.974 bits per heavy atom. The fraction of sp³-hybridized carbons (Fsp3) is 0.310. The molecule has 1 aliphatic rings. The van der Waals surface area contributed by atoms with E-state index in [0.717, 1.165) is 50.6 Å². The largest absolute Gasteiger partial charge is 0.494 e. The second-order valence-electron chi connectivity index (χ2n) is 9.13. The number of halogens is 2. The molecule has 1 saturated heterocycles. The van der Waals surface area contributed by atoms with Crippen LogP contribution in [-0.2, 0) is 6.54 Å². The highest BCUT2D eigenvalue weighted by molar-refractivity contribution is 6.02. The first-order chi connectivity index (χ1) is 18.7. The minimum absolute atomic E-state index is 0.129. The number of aliphatic imine (C=N–C) groups is 1. The van der Waals surface area contributed by atoms with E-state index in [4.69, 9.17) is 20.9 Å². The lowest BCUT2D eigenvalue weighted by Crippen LogP contribution is -2.43. The number of methoxy groups -OCH3 is 2. The molecule has 4 rings (SSSR count). The number of ether oxygens (including phenoxy) is 2. The van der Waals surface area contributed by atoms with Crippen LogP contribution < -0.4 is 20.9 Å². The fourth-order valence-corrected chi connectivity index (χ4v) is 4.18. The maximum atomic E-state index is 14.5. The van der Waals surface area contributed by atoms with Crippen LogP contribution in [0.25, 0.3) is 11.1 Å². The standard InChI is InChI=1S/C16H17F2N3O2.C13H18N2O/c1-21-16(20)9-5-4-8(6-10(9)19)13-14(17)11(22-2)7-12(23-3)15(13)18;1-14-6-8-15(9-7-14)10-12-2-4-13(11-16)5-3-12/h4-7H,19H2,1-3H3,(H2,20,21);2-5,11H,6-10H2,1H3. The molecular weight excluding hydrogens is 504 g/mol. The Hall–Kier alpha value is -4.02. The van der Waals surface area contributed by atoms with Gasteiger partial charge in [-0.3, -0.25) is 14.7 Å². The lowest BCUT2D eigenvalue weighted by molar-refractivity contribution is 0.112. The highest BCUT2D eigenvalue weighted by atomic mass is 19.1. The average molecular weight is 540 g/mol. The first kappa shape index (κ1) is 29.5. The summed E-state index contributed by atoms with van der Waals surface area (Å²) in [7, 11) is 6.26. The number of nitrogens with zero attached hydrogens (tertiary/aromatic N) is 3. The lowest BCUT2D eigenvalue weighted by Gasteiger charge is -2.32. The number of carbonyl (C=O) groups excluding carboxylic acids is 1. The number of likely N-dealkylation sites (N-methyl/N-ethyl adjacent to an activating group) is 1. The lowest BCUT2D eigenvalue weighted by atomic mass is 10.00. The van der Waals surface area contributed by atoms with Gasteiger partial charge in [-0.25, -0.2) is 8.78 Å². The van der Waals surface area contributed by atoms with Gasteiger partial charge in [0.2, 0.25) is 0 Å². The Morgan fingerprint density at radius 3 is 2.05 bits per heavy atom. The van der Waals surface area contributed by atoms with Crippen molar-refractivity contribution in [1.82, 2.24) is 9.80 Å². The van der Waals surface area contributed by atoms with Crippen LogP contribution in [0.5, 0.6) is 11.5 Å². The summed E-state index contributed by atoms with van der Waals surface area (Å²) in [6.45, 7) is 5.55. The van der Waals surface area contributed by atoms with Crippen LogP contribution in [0.1, 0.15) is 21.5 Å².